The van der Waals surface area contributed by atoms with E-state index in [9.17, 15) is 0 Å². The van der Waals surface area contributed by atoms with Crippen LogP contribution in [0.1, 0.15) is 43.7 Å². The van der Waals surface area contributed by atoms with Crippen molar-refractivity contribution in [2.45, 2.75) is 58.2 Å². The second-order valence-corrected chi connectivity index (χ2v) is 7.34. The number of hydrogen-bond donors (Lipinski definition) is 1. The van der Waals surface area contributed by atoms with E-state index >= 15 is 0 Å². The molecule has 1 aliphatic heterocycles. The van der Waals surface area contributed by atoms with Crippen LogP contribution >= 0.6 is 11.3 Å². The van der Waals surface area contributed by atoms with Crippen molar-refractivity contribution in [3.8, 4) is 0 Å². The van der Waals surface area contributed by atoms with Crippen LogP contribution in [-0.4, -0.2) is 34.6 Å². The lowest BCUT2D eigenvalue weighted by atomic mass is 9.90. The second-order valence-electron chi connectivity index (χ2n) is 6.40. The Hall–Kier alpha value is -0.450. The first-order valence-corrected chi connectivity index (χ1v) is 8.38. The highest BCUT2D eigenvalue weighted by Gasteiger charge is 2.45. The average molecular weight is 279 g/mol. The van der Waals surface area contributed by atoms with Gasteiger partial charge in [-0.1, -0.05) is 6.92 Å². The number of thiazole rings is 1. The average Bonchev–Trinajstić information content (AvgIpc) is 3.17. The molecule has 1 aromatic rings. The summed E-state index contributed by atoms with van der Waals surface area (Å²) < 4.78 is 0. The summed E-state index contributed by atoms with van der Waals surface area (Å²) in [6.45, 7) is 10.3. The normalized spacial score (nSPS) is 32.7. The van der Waals surface area contributed by atoms with E-state index in [0.717, 1.165) is 19.0 Å². The zero-order chi connectivity index (χ0) is 13.5. The van der Waals surface area contributed by atoms with Gasteiger partial charge < -0.3 is 5.32 Å². The molecule has 2 fully saturated rings. The smallest absolute Gasteiger partial charge is 0.0798 e. The van der Waals surface area contributed by atoms with Crippen LogP contribution in [0.4, 0.5) is 0 Å². The first kappa shape index (κ1) is 13.5. The van der Waals surface area contributed by atoms with E-state index in [1.54, 1.807) is 11.3 Å². The minimum Gasteiger partial charge on any atom is -0.308 e. The zero-order valence-corrected chi connectivity index (χ0v) is 13.1. The van der Waals surface area contributed by atoms with Gasteiger partial charge in [-0.25, -0.2) is 4.98 Å². The maximum Gasteiger partial charge on any atom is 0.0798 e. The standard InChI is InChI=1S/C15H25N3S/c1-4-13-7-17-15(3,12-5-6-12)9-18(13)8-14-11(2)16-10-19-14/h10,12-13,17H,4-9H2,1-3H3. The van der Waals surface area contributed by atoms with Crippen LogP contribution in [0.25, 0.3) is 0 Å². The number of rotatable bonds is 4. The van der Waals surface area contributed by atoms with Crippen LogP contribution in [0.3, 0.4) is 0 Å². The van der Waals surface area contributed by atoms with Gasteiger partial charge in [0.1, 0.15) is 0 Å². The quantitative estimate of drug-likeness (QED) is 0.918. The van der Waals surface area contributed by atoms with E-state index in [4.69, 9.17) is 0 Å². The Morgan fingerprint density at radius 1 is 1.53 bits per heavy atom. The lowest BCUT2D eigenvalue weighted by Crippen LogP contribution is -2.63. The fourth-order valence-corrected chi connectivity index (χ4v) is 4.13. The molecule has 1 aliphatic carbocycles. The number of nitrogens with one attached hydrogen (secondary N) is 1. The van der Waals surface area contributed by atoms with Crippen LogP contribution in [0.5, 0.6) is 0 Å². The molecule has 4 heteroatoms. The van der Waals surface area contributed by atoms with Crippen molar-refractivity contribution < 1.29 is 0 Å². The second kappa shape index (κ2) is 5.15. The lowest BCUT2D eigenvalue weighted by molar-refractivity contribution is 0.0672. The first-order valence-electron chi connectivity index (χ1n) is 7.50. The molecular weight excluding hydrogens is 254 g/mol. The number of piperazine rings is 1. The number of hydrogen-bond acceptors (Lipinski definition) is 4. The minimum atomic E-state index is 0.338. The summed E-state index contributed by atoms with van der Waals surface area (Å²) >= 11 is 1.81. The molecule has 1 aromatic heterocycles. The van der Waals surface area contributed by atoms with Crippen molar-refractivity contribution in [1.29, 1.82) is 0 Å². The SMILES string of the molecule is CCC1CNC(C)(C2CC2)CN1Cc1scnc1C. The van der Waals surface area contributed by atoms with E-state index in [1.807, 2.05) is 5.51 Å². The first-order chi connectivity index (χ1) is 9.12. The molecule has 106 valence electrons. The molecule has 0 radical (unpaired) electrons. The molecule has 0 bridgehead atoms. The number of nitrogens with zero attached hydrogens (tertiary/aromatic N) is 2. The molecule has 1 saturated heterocycles. The van der Waals surface area contributed by atoms with Crippen LogP contribution < -0.4 is 5.32 Å². The van der Waals surface area contributed by atoms with Gasteiger partial charge in [-0.3, -0.25) is 4.90 Å². The van der Waals surface area contributed by atoms with Crippen molar-refractivity contribution in [1.82, 2.24) is 15.2 Å². The van der Waals surface area contributed by atoms with Gasteiger partial charge in [0.15, 0.2) is 0 Å². The third-order valence-electron chi connectivity index (χ3n) is 4.93. The van der Waals surface area contributed by atoms with Crippen LogP contribution in [0.2, 0.25) is 0 Å². The van der Waals surface area contributed by atoms with Gasteiger partial charge in [0.25, 0.3) is 0 Å². The minimum absolute atomic E-state index is 0.338. The third kappa shape index (κ3) is 2.71. The number of aromatic nitrogens is 1. The molecule has 2 aliphatic rings. The molecule has 0 spiro atoms. The molecule has 3 rings (SSSR count). The summed E-state index contributed by atoms with van der Waals surface area (Å²) in [6, 6.07) is 0.674. The van der Waals surface area contributed by atoms with Gasteiger partial charge in [0, 0.05) is 36.1 Å². The van der Waals surface area contributed by atoms with Gasteiger partial charge in [0.2, 0.25) is 0 Å². The Kier molecular flexibility index (Phi) is 3.67. The number of aryl methyl sites for hydroxylation is 1. The summed E-state index contributed by atoms with van der Waals surface area (Å²) in [4.78, 5) is 8.53. The maximum absolute atomic E-state index is 4.39. The maximum atomic E-state index is 4.39. The Bertz CT molecular complexity index is 440. The highest BCUT2D eigenvalue weighted by Crippen LogP contribution is 2.41. The van der Waals surface area contributed by atoms with Gasteiger partial charge in [-0.2, -0.15) is 0 Å². The Morgan fingerprint density at radius 2 is 2.32 bits per heavy atom. The molecule has 1 saturated carbocycles. The van der Waals surface area contributed by atoms with Crippen molar-refractivity contribution in [2.75, 3.05) is 13.1 Å². The predicted octanol–water partition coefficient (Wildman–Crippen LogP) is 2.80. The van der Waals surface area contributed by atoms with Gasteiger partial charge in [0.05, 0.1) is 11.2 Å². The molecular formula is C15H25N3S. The van der Waals surface area contributed by atoms with E-state index < -0.39 is 0 Å². The zero-order valence-electron chi connectivity index (χ0n) is 12.3. The van der Waals surface area contributed by atoms with Gasteiger partial charge in [-0.05, 0) is 39.0 Å². The molecule has 2 heterocycles. The van der Waals surface area contributed by atoms with E-state index in [1.165, 1.54) is 36.4 Å². The summed E-state index contributed by atoms with van der Waals surface area (Å²) in [5.74, 6) is 0.898. The molecule has 0 amide bonds. The monoisotopic (exact) mass is 279 g/mol. The largest absolute Gasteiger partial charge is 0.308 e. The molecule has 19 heavy (non-hydrogen) atoms. The third-order valence-corrected chi connectivity index (χ3v) is 5.85. The topological polar surface area (TPSA) is 28.2 Å². The Labute approximate surface area is 120 Å². The van der Waals surface area contributed by atoms with Gasteiger partial charge >= 0.3 is 0 Å². The molecule has 3 nitrogen and oxygen atoms in total. The highest BCUT2D eigenvalue weighted by atomic mass is 32.1. The predicted molar refractivity (Wildman–Crippen MR) is 80.5 cm³/mol. The van der Waals surface area contributed by atoms with Crippen LogP contribution in [0, 0.1) is 12.8 Å². The van der Waals surface area contributed by atoms with E-state index in [0.29, 0.717) is 11.6 Å². The molecule has 2 unspecified atom stereocenters. The van der Waals surface area contributed by atoms with Crippen molar-refractivity contribution in [2.24, 2.45) is 5.92 Å². The Morgan fingerprint density at radius 3 is 2.89 bits per heavy atom. The molecule has 0 aromatic carbocycles. The van der Waals surface area contributed by atoms with Crippen LogP contribution in [0.15, 0.2) is 5.51 Å². The molecule has 2 atom stereocenters. The van der Waals surface area contributed by atoms with Crippen molar-refractivity contribution in [3.05, 3.63) is 16.1 Å². The lowest BCUT2D eigenvalue weighted by Gasteiger charge is -2.46. The van der Waals surface area contributed by atoms with Crippen molar-refractivity contribution >= 4 is 11.3 Å². The summed E-state index contributed by atoms with van der Waals surface area (Å²) in [7, 11) is 0. The van der Waals surface area contributed by atoms with Gasteiger partial charge in [-0.15, -0.1) is 11.3 Å². The summed E-state index contributed by atoms with van der Waals surface area (Å²) in [6.07, 6.45) is 4.05. The van der Waals surface area contributed by atoms with Crippen molar-refractivity contribution in [3.63, 3.8) is 0 Å². The molecule has 1 N–H and O–H groups in total. The van der Waals surface area contributed by atoms with E-state index in [2.05, 4.69) is 36.0 Å². The fourth-order valence-electron chi connectivity index (χ4n) is 3.33. The van der Waals surface area contributed by atoms with E-state index in [-0.39, 0.29) is 0 Å². The summed E-state index contributed by atoms with van der Waals surface area (Å²) in [5.41, 5.74) is 3.53. The fraction of sp³-hybridized carbons (Fsp3) is 0.800. The summed E-state index contributed by atoms with van der Waals surface area (Å²) in [5, 5.41) is 3.83. The van der Waals surface area contributed by atoms with Crippen LogP contribution in [-0.2, 0) is 6.54 Å². The Balaban J connectivity index is 1.73. The highest BCUT2D eigenvalue weighted by molar-refractivity contribution is 7.09.